The van der Waals surface area contributed by atoms with E-state index in [4.69, 9.17) is 14.7 Å². The summed E-state index contributed by atoms with van der Waals surface area (Å²) in [5.74, 6) is 0.915. The summed E-state index contributed by atoms with van der Waals surface area (Å²) >= 11 is 1.78. The molecule has 1 aromatic heterocycles. The lowest BCUT2D eigenvalue weighted by Crippen LogP contribution is -2.46. The van der Waals surface area contributed by atoms with Crippen molar-refractivity contribution in [2.75, 3.05) is 32.8 Å². The lowest BCUT2D eigenvalue weighted by molar-refractivity contribution is -0.149. The molecule has 1 fully saturated rings. The number of ether oxygens (including phenoxy) is 1. The highest BCUT2D eigenvalue weighted by Crippen LogP contribution is 2.20. The van der Waals surface area contributed by atoms with Gasteiger partial charge in [-0.05, 0) is 40.0 Å². The van der Waals surface area contributed by atoms with Crippen LogP contribution < -0.4 is 5.32 Å². The molecule has 2 rings (SSSR count). The maximum Gasteiger partial charge on any atom is 0.309 e. The van der Waals surface area contributed by atoms with Crippen LogP contribution in [0, 0.1) is 12.8 Å². The topological polar surface area (TPSA) is 66.8 Å². The number of likely N-dealkylation sites (tertiary alicyclic amines) is 1. The Balaban J connectivity index is 0.00000364. The number of aromatic nitrogens is 1. The predicted molar refractivity (Wildman–Crippen MR) is 122 cm³/mol. The van der Waals surface area contributed by atoms with Crippen LogP contribution in [0.4, 0.5) is 0 Å². The molecule has 0 saturated carbocycles. The Bertz CT molecular complexity index is 613. The van der Waals surface area contributed by atoms with Gasteiger partial charge in [-0.1, -0.05) is 6.92 Å². The van der Waals surface area contributed by atoms with Crippen molar-refractivity contribution in [2.45, 2.75) is 53.4 Å². The molecule has 1 aliphatic heterocycles. The number of nitrogens with zero attached hydrogens (tertiary/aromatic N) is 3. The molecule has 1 saturated heterocycles. The van der Waals surface area contributed by atoms with Gasteiger partial charge in [0.2, 0.25) is 0 Å². The van der Waals surface area contributed by atoms with E-state index in [1.165, 1.54) is 15.6 Å². The number of aryl methyl sites for hydroxylation is 2. The van der Waals surface area contributed by atoms with Crippen LogP contribution in [-0.2, 0) is 22.4 Å². The van der Waals surface area contributed by atoms with Crippen molar-refractivity contribution in [1.29, 1.82) is 0 Å². The van der Waals surface area contributed by atoms with Crippen LogP contribution in [0.15, 0.2) is 4.99 Å². The second-order valence-electron chi connectivity index (χ2n) is 6.46. The van der Waals surface area contributed by atoms with Gasteiger partial charge in [-0.15, -0.1) is 35.3 Å². The second-order valence-corrected chi connectivity index (χ2v) is 7.75. The Kier molecular flexibility index (Phi) is 11.2. The van der Waals surface area contributed by atoms with Gasteiger partial charge in [-0.2, -0.15) is 0 Å². The van der Waals surface area contributed by atoms with Crippen molar-refractivity contribution in [3.05, 3.63) is 15.6 Å². The van der Waals surface area contributed by atoms with E-state index < -0.39 is 0 Å². The summed E-state index contributed by atoms with van der Waals surface area (Å²) in [5, 5.41) is 4.54. The van der Waals surface area contributed by atoms with E-state index in [1.54, 1.807) is 11.3 Å². The second kappa shape index (κ2) is 12.5. The molecule has 1 aliphatic rings. The van der Waals surface area contributed by atoms with Gasteiger partial charge in [0, 0.05) is 37.5 Å². The Morgan fingerprint density at radius 2 is 2.04 bits per heavy atom. The van der Waals surface area contributed by atoms with Crippen molar-refractivity contribution >= 4 is 47.2 Å². The van der Waals surface area contributed by atoms with Crippen LogP contribution in [0.25, 0.3) is 0 Å². The van der Waals surface area contributed by atoms with Crippen molar-refractivity contribution in [2.24, 2.45) is 10.9 Å². The number of nitrogens with one attached hydrogen (secondary N) is 1. The Hall–Kier alpha value is -0.900. The Labute approximate surface area is 184 Å². The number of esters is 1. The minimum atomic E-state index is -0.0556. The highest BCUT2D eigenvalue weighted by Gasteiger charge is 2.27. The van der Waals surface area contributed by atoms with E-state index in [9.17, 15) is 4.79 Å². The Morgan fingerprint density at radius 3 is 2.59 bits per heavy atom. The van der Waals surface area contributed by atoms with Gasteiger partial charge in [-0.25, -0.2) is 4.98 Å². The van der Waals surface area contributed by atoms with Crippen molar-refractivity contribution in [1.82, 2.24) is 15.2 Å². The fourth-order valence-corrected chi connectivity index (χ4v) is 4.20. The van der Waals surface area contributed by atoms with Gasteiger partial charge in [0.1, 0.15) is 0 Å². The lowest BCUT2D eigenvalue weighted by atomic mass is 9.97. The summed E-state index contributed by atoms with van der Waals surface area (Å²) < 4.78 is 5.15. The molecule has 1 N–H and O–H groups in total. The lowest BCUT2D eigenvalue weighted by Gasteiger charge is -2.33. The zero-order valence-corrected chi connectivity index (χ0v) is 20.1. The quantitative estimate of drug-likeness (QED) is 0.265. The van der Waals surface area contributed by atoms with Crippen molar-refractivity contribution in [3.8, 4) is 0 Å². The van der Waals surface area contributed by atoms with E-state index in [0.29, 0.717) is 6.61 Å². The predicted octanol–water partition coefficient (Wildman–Crippen LogP) is 3.42. The minimum absolute atomic E-state index is 0. The van der Waals surface area contributed by atoms with E-state index in [2.05, 4.69) is 31.0 Å². The maximum atomic E-state index is 11.9. The average Bonchev–Trinajstić information content (AvgIpc) is 3.01. The summed E-state index contributed by atoms with van der Waals surface area (Å²) in [6, 6.07) is 0. The van der Waals surface area contributed by atoms with Crippen LogP contribution in [0.1, 0.15) is 49.2 Å². The molecular weight excluding hydrogens is 475 g/mol. The molecule has 27 heavy (non-hydrogen) atoms. The molecule has 0 amide bonds. The van der Waals surface area contributed by atoms with Gasteiger partial charge in [0.15, 0.2) is 5.96 Å². The smallest absolute Gasteiger partial charge is 0.309 e. The van der Waals surface area contributed by atoms with Gasteiger partial charge in [0.25, 0.3) is 0 Å². The molecule has 2 heterocycles. The first-order chi connectivity index (χ1) is 12.6. The SMILES string of the molecule is CCNC(=NCCc1nc(CC)c(C)s1)N1CCC(C(=O)OCC)CC1.I. The van der Waals surface area contributed by atoms with Gasteiger partial charge >= 0.3 is 5.97 Å². The number of carbonyl (C=O) groups excluding carboxylic acids is 1. The molecule has 0 unspecified atom stereocenters. The Morgan fingerprint density at radius 1 is 1.33 bits per heavy atom. The summed E-state index contributed by atoms with van der Waals surface area (Å²) in [4.78, 5) is 24.9. The number of halogens is 1. The molecule has 6 nitrogen and oxygen atoms in total. The minimum Gasteiger partial charge on any atom is -0.466 e. The van der Waals surface area contributed by atoms with E-state index in [-0.39, 0.29) is 35.9 Å². The van der Waals surface area contributed by atoms with Crippen LogP contribution in [-0.4, -0.2) is 54.6 Å². The van der Waals surface area contributed by atoms with Gasteiger partial charge in [-0.3, -0.25) is 9.79 Å². The summed E-state index contributed by atoms with van der Waals surface area (Å²) in [6.07, 6.45) is 3.52. The molecule has 0 spiro atoms. The zero-order chi connectivity index (χ0) is 18.9. The van der Waals surface area contributed by atoms with Gasteiger partial charge < -0.3 is 15.0 Å². The van der Waals surface area contributed by atoms with Crippen molar-refractivity contribution < 1.29 is 9.53 Å². The molecular formula is C19H33IN4O2S. The van der Waals surface area contributed by atoms with Crippen molar-refractivity contribution in [3.63, 3.8) is 0 Å². The molecule has 0 bridgehead atoms. The zero-order valence-electron chi connectivity index (χ0n) is 16.9. The standard InChI is InChI=1S/C19H32N4O2S.HI/c1-5-16-14(4)26-17(22-16)8-11-21-19(20-6-2)23-12-9-15(10-13-23)18(24)25-7-3;/h15H,5-13H2,1-4H3,(H,20,21);1H. The molecule has 0 aliphatic carbocycles. The van der Waals surface area contributed by atoms with E-state index in [0.717, 1.165) is 57.8 Å². The van der Waals surface area contributed by atoms with Crippen LogP contribution >= 0.6 is 35.3 Å². The number of rotatable bonds is 7. The first-order valence-corrected chi connectivity index (χ1v) is 10.6. The third kappa shape index (κ3) is 7.21. The highest BCUT2D eigenvalue weighted by atomic mass is 127. The summed E-state index contributed by atoms with van der Waals surface area (Å²) in [7, 11) is 0. The number of guanidine groups is 1. The number of thiazole rings is 1. The van der Waals surface area contributed by atoms with E-state index in [1.807, 2.05) is 6.92 Å². The first kappa shape index (κ1) is 24.1. The normalized spacial score (nSPS) is 15.4. The maximum absolute atomic E-state index is 11.9. The van der Waals surface area contributed by atoms with Crippen LogP contribution in [0.2, 0.25) is 0 Å². The number of piperidine rings is 1. The summed E-state index contributed by atoms with van der Waals surface area (Å²) in [5.41, 5.74) is 1.21. The number of carbonyl (C=O) groups is 1. The fourth-order valence-electron chi connectivity index (χ4n) is 3.19. The van der Waals surface area contributed by atoms with E-state index >= 15 is 0 Å². The first-order valence-electron chi connectivity index (χ1n) is 9.74. The third-order valence-corrected chi connectivity index (χ3v) is 5.68. The molecule has 0 radical (unpaired) electrons. The average molecular weight is 508 g/mol. The molecule has 0 aromatic carbocycles. The van der Waals surface area contributed by atoms with Crippen LogP contribution in [0.5, 0.6) is 0 Å². The fraction of sp³-hybridized carbons (Fsp3) is 0.737. The number of hydrogen-bond acceptors (Lipinski definition) is 5. The monoisotopic (exact) mass is 508 g/mol. The molecule has 1 aromatic rings. The number of hydrogen-bond donors (Lipinski definition) is 1. The largest absolute Gasteiger partial charge is 0.466 e. The molecule has 0 atom stereocenters. The summed E-state index contributed by atoms with van der Waals surface area (Å²) in [6.45, 7) is 11.9. The molecule has 154 valence electrons. The molecule has 8 heteroatoms. The van der Waals surface area contributed by atoms with Crippen LogP contribution in [0.3, 0.4) is 0 Å². The van der Waals surface area contributed by atoms with Gasteiger partial charge in [0.05, 0.1) is 23.2 Å². The number of aliphatic imine (C=N–C) groups is 1. The highest BCUT2D eigenvalue weighted by molar-refractivity contribution is 14.0. The third-order valence-electron chi connectivity index (χ3n) is 4.61.